The van der Waals surface area contributed by atoms with E-state index in [0.29, 0.717) is 22.9 Å². The van der Waals surface area contributed by atoms with Crippen LogP contribution in [0, 0.1) is 6.92 Å². The van der Waals surface area contributed by atoms with Crippen molar-refractivity contribution in [3.05, 3.63) is 76.5 Å². The maximum Gasteiger partial charge on any atom is 0.352 e. The molecule has 1 N–H and O–H groups in total. The Labute approximate surface area is 179 Å². The molecule has 0 aliphatic carbocycles. The van der Waals surface area contributed by atoms with Crippen molar-refractivity contribution >= 4 is 17.2 Å². The van der Waals surface area contributed by atoms with Crippen LogP contribution < -0.4 is 15.7 Å². The highest BCUT2D eigenvalue weighted by atomic mass is 16.5. The molecular weight excluding hydrogens is 394 g/mol. The van der Waals surface area contributed by atoms with E-state index in [1.165, 1.54) is 9.96 Å². The molecule has 0 radical (unpaired) electrons. The normalized spacial score (nSPS) is 10.9. The summed E-state index contributed by atoms with van der Waals surface area (Å²) in [5.41, 5.74) is 3.46. The Hall–Kier alpha value is -3.94. The Morgan fingerprint density at radius 1 is 1.10 bits per heavy atom. The molecule has 0 saturated carbocycles. The summed E-state index contributed by atoms with van der Waals surface area (Å²) >= 11 is 0. The van der Waals surface area contributed by atoms with Gasteiger partial charge in [0.05, 0.1) is 12.8 Å². The molecule has 2 aromatic carbocycles. The monoisotopic (exact) mass is 417 g/mol. The highest BCUT2D eigenvalue weighted by molar-refractivity contribution is 5.90. The lowest BCUT2D eigenvalue weighted by molar-refractivity contribution is -0.117. The van der Waals surface area contributed by atoms with E-state index in [4.69, 9.17) is 4.74 Å². The first-order valence-corrected chi connectivity index (χ1v) is 9.99. The summed E-state index contributed by atoms with van der Waals surface area (Å²) in [5.74, 6) is 0.920. The number of ether oxygens (including phenoxy) is 1. The number of anilines is 1. The summed E-state index contributed by atoms with van der Waals surface area (Å²) < 4.78 is 7.74. The Bertz CT molecular complexity index is 1290. The fraction of sp³-hybridized carbons (Fsp3) is 0.217. The molecule has 2 heterocycles. The fourth-order valence-corrected chi connectivity index (χ4v) is 3.37. The quantitative estimate of drug-likeness (QED) is 0.521. The molecule has 0 saturated heterocycles. The minimum atomic E-state index is -0.405. The van der Waals surface area contributed by atoms with Gasteiger partial charge in [-0.05, 0) is 55.3 Å². The molecule has 1 amide bonds. The maximum absolute atomic E-state index is 12.8. The molecule has 0 bridgehead atoms. The first-order chi connectivity index (χ1) is 15.0. The molecule has 0 spiro atoms. The van der Waals surface area contributed by atoms with Crippen LogP contribution in [0.5, 0.6) is 5.75 Å². The lowest BCUT2D eigenvalue weighted by Gasteiger charge is -2.05. The molecule has 0 atom stereocenters. The zero-order chi connectivity index (χ0) is 22.0. The number of rotatable bonds is 6. The number of carbonyl (C=O) groups is 1. The molecule has 8 nitrogen and oxygen atoms in total. The molecule has 8 heteroatoms. The van der Waals surface area contributed by atoms with Gasteiger partial charge in [-0.2, -0.15) is 0 Å². The predicted octanol–water partition coefficient (Wildman–Crippen LogP) is 3.08. The van der Waals surface area contributed by atoms with Crippen LogP contribution in [-0.2, 0) is 17.8 Å². The third-order valence-corrected chi connectivity index (χ3v) is 5.06. The number of carbonyl (C=O) groups excluding carboxylic acids is 1. The summed E-state index contributed by atoms with van der Waals surface area (Å²) in [7, 11) is 1.61. The molecule has 31 heavy (non-hydrogen) atoms. The second-order valence-corrected chi connectivity index (χ2v) is 7.15. The molecule has 0 unspecified atom stereocenters. The second kappa shape index (κ2) is 8.43. The van der Waals surface area contributed by atoms with Crippen molar-refractivity contribution in [1.29, 1.82) is 0 Å². The fourth-order valence-electron chi connectivity index (χ4n) is 3.37. The molecule has 0 fully saturated rings. The average Bonchev–Trinajstić information content (AvgIpc) is 3.09. The van der Waals surface area contributed by atoms with Gasteiger partial charge >= 0.3 is 5.69 Å². The van der Waals surface area contributed by atoms with E-state index in [1.807, 2.05) is 48.5 Å². The predicted molar refractivity (Wildman–Crippen MR) is 118 cm³/mol. The highest BCUT2D eigenvalue weighted by Gasteiger charge is 2.15. The summed E-state index contributed by atoms with van der Waals surface area (Å²) in [6, 6.07) is 16.8. The summed E-state index contributed by atoms with van der Waals surface area (Å²) in [5, 5.41) is 7.14. The van der Waals surface area contributed by atoms with Crippen molar-refractivity contribution in [2.45, 2.75) is 26.8 Å². The molecular formula is C23H23N5O3. The molecule has 158 valence electrons. The number of nitrogens with zero attached hydrogens (tertiary/aromatic N) is 4. The number of hydrogen-bond donors (Lipinski definition) is 1. The Morgan fingerprint density at radius 3 is 2.45 bits per heavy atom. The van der Waals surface area contributed by atoms with Crippen LogP contribution in [0.2, 0.25) is 0 Å². The number of methoxy groups -OCH3 is 1. The third kappa shape index (κ3) is 4.18. The summed E-state index contributed by atoms with van der Waals surface area (Å²) in [4.78, 5) is 29.8. The first-order valence-electron chi connectivity index (χ1n) is 9.99. The molecule has 4 rings (SSSR count). The minimum absolute atomic E-state index is 0.187. The van der Waals surface area contributed by atoms with Crippen LogP contribution in [0.4, 0.5) is 5.69 Å². The van der Waals surface area contributed by atoms with E-state index >= 15 is 0 Å². The number of aromatic nitrogens is 4. The number of fused-ring (bicyclic) bond motifs is 1. The summed E-state index contributed by atoms with van der Waals surface area (Å²) in [6.45, 7) is 3.62. The smallest absolute Gasteiger partial charge is 0.352 e. The van der Waals surface area contributed by atoms with Crippen molar-refractivity contribution < 1.29 is 9.53 Å². The number of hydrogen-bond acceptors (Lipinski definition) is 5. The largest absolute Gasteiger partial charge is 0.497 e. The van der Waals surface area contributed by atoms with E-state index in [-0.39, 0.29) is 12.5 Å². The van der Waals surface area contributed by atoms with E-state index < -0.39 is 5.69 Å². The van der Waals surface area contributed by atoms with Crippen LogP contribution in [0.25, 0.3) is 16.9 Å². The van der Waals surface area contributed by atoms with E-state index in [9.17, 15) is 9.59 Å². The van der Waals surface area contributed by atoms with Gasteiger partial charge in [-0.25, -0.2) is 18.9 Å². The third-order valence-electron chi connectivity index (χ3n) is 5.06. The zero-order valence-corrected chi connectivity index (χ0v) is 17.6. The topological polar surface area (TPSA) is 90.5 Å². The van der Waals surface area contributed by atoms with Gasteiger partial charge < -0.3 is 10.1 Å². The first kappa shape index (κ1) is 20.3. The van der Waals surface area contributed by atoms with E-state index in [0.717, 1.165) is 22.4 Å². The van der Waals surface area contributed by atoms with Crippen LogP contribution >= 0.6 is 0 Å². The molecule has 0 aliphatic rings. The van der Waals surface area contributed by atoms with Crippen molar-refractivity contribution in [2.75, 3.05) is 12.4 Å². The van der Waals surface area contributed by atoms with Crippen LogP contribution in [0.15, 0.2) is 59.4 Å². The van der Waals surface area contributed by atoms with Gasteiger partial charge in [-0.15, -0.1) is 5.10 Å². The van der Waals surface area contributed by atoms with Gasteiger partial charge in [0.2, 0.25) is 5.91 Å². The molecule has 2 aromatic heterocycles. The minimum Gasteiger partial charge on any atom is -0.497 e. The lowest BCUT2D eigenvalue weighted by atomic mass is 10.1. The highest BCUT2D eigenvalue weighted by Crippen LogP contribution is 2.21. The van der Waals surface area contributed by atoms with Crippen LogP contribution in [0.1, 0.15) is 18.3 Å². The van der Waals surface area contributed by atoms with Gasteiger partial charge in [0.1, 0.15) is 18.1 Å². The molecule has 0 aliphatic heterocycles. The van der Waals surface area contributed by atoms with Crippen molar-refractivity contribution in [1.82, 2.24) is 19.2 Å². The SMILES string of the molecule is CCc1ccc(NC(=O)Cn2nc3cc(-c4ccc(OC)cc4)nc(C)n3c2=O)cc1. The lowest BCUT2D eigenvalue weighted by Crippen LogP contribution is -2.28. The van der Waals surface area contributed by atoms with Crippen molar-refractivity contribution in [2.24, 2.45) is 0 Å². The van der Waals surface area contributed by atoms with Crippen molar-refractivity contribution in [3.63, 3.8) is 0 Å². The maximum atomic E-state index is 12.8. The van der Waals surface area contributed by atoms with Gasteiger partial charge in [0.15, 0.2) is 5.65 Å². The number of benzene rings is 2. The van der Waals surface area contributed by atoms with Crippen LogP contribution in [0.3, 0.4) is 0 Å². The van der Waals surface area contributed by atoms with Gasteiger partial charge in [0.25, 0.3) is 0 Å². The van der Waals surface area contributed by atoms with E-state index in [1.54, 1.807) is 20.1 Å². The Kier molecular flexibility index (Phi) is 5.53. The number of amides is 1. The van der Waals surface area contributed by atoms with Gasteiger partial charge in [-0.3, -0.25) is 4.79 Å². The second-order valence-electron chi connectivity index (χ2n) is 7.15. The van der Waals surface area contributed by atoms with E-state index in [2.05, 4.69) is 22.3 Å². The number of nitrogens with one attached hydrogen (secondary N) is 1. The number of aryl methyl sites for hydroxylation is 2. The van der Waals surface area contributed by atoms with Gasteiger partial charge in [0, 0.05) is 17.3 Å². The summed E-state index contributed by atoms with van der Waals surface area (Å²) in [6.07, 6.45) is 0.927. The van der Waals surface area contributed by atoms with Crippen molar-refractivity contribution in [3.8, 4) is 17.0 Å². The Balaban J connectivity index is 1.59. The average molecular weight is 417 g/mol. The van der Waals surface area contributed by atoms with Gasteiger partial charge in [-0.1, -0.05) is 19.1 Å². The Morgan fingerprint density at radius 2 is 1.81 bits per heavy atom. The molecule has 4 aromatic rings. The standard InChI is InChI=1S/C23H23N5O3/c1-4-16-5-9-18(10-6-16)25-22(29)14-27-23(30)28-15(2)24-20(13-21(28)26-27)17-7-11-19(31-3)12-8-17/h5-13H,4,14H2,1-3H3,(H,25,29). The zero-order valence-electron chi connectivity index (χ0n) is 17.6. The van der Waals surface area contributed by atoms with Crippen LogP contribution in [-0.4, -0.2) is 32.2 Å².